The fraction of sp³-hybridized carbons (Fsp3) is 0.235. The van der Waals surface area contributed by atoms with E-state index in [1.807, 2.05) is 6.07 Å². The van der Waals surface area contributed by atoms with Gasteiger partial charge in [-0.05, 0) is 50.1 Å². The molecule has 2 aromatic rings. The third-order valence-corrected chi connectivity index (χ3v) is 3.12. The summed E-state index contributed by atoms with van der Waals surface area (Å²) in [4.78, 5) is 26.3. The molecule has 0 radical (unpaired) electrons. The first-order chi connectivity index (χ1) is 10.4. The van der Waals surface area contributed by atoms with Crippen molar-refractivity contribution in [1.29, 1.82) is 5.26 Å². The topological polar surface area (TPSA) is 83.0 Å². The van der Waals surface area contributed by atoms with Gasteiger partial charge in [-0.2, -0.15) is 5.26 Å². The Morgan fingerprint density at radius 1 is 1.27 bits per heavy atom. The average Bonchev–Trinajstić information content (AvgIpc) is 2.46. The number of nitrogens with zero attached hydrogens (tertiary/aromatic N) is 1. The molecular weight excluding hydrogens is 280 g/mol. The van der Waals surface area contributed by atoms with Crippen molar-refractivity contribution in [1.82, 2.24) is 4.98 Å². The first-order valence-electron chi connectivity index (χ1n) is 6.88. The number of aryl methyl sites for hydroxylation is 1. The lowest BCUT2D eigenvalue weighted by molar-refractivity contribution is 0.0378. The van der Waals surface area contributed by atoms with Crippen LogP contribution in [0.1, 0.15) is 35.3 Å². The zero-order chi connectivity index (χ0) is 16.3. The van der Waals surface area contributed by atoms with Crippen molar-refractivity contribution in [2.24, 2.45) is 0 Å². The molecule has 2 rings (SSSR count). The van der Waals surface area contributed by atoms with E-state index >= 15 is 0 Å². The second kappa shape index (κ2) is 6.27. The lowest BCUT2D eigenvalue weighted by Gasteiger charge is -2.09. The number of aromatic amines is 1. The van der Waals surface area contributed by atoms with E-state index < -0.39 is 5.56 Å². The number of pyridine rings is 1. The predicted octanol–water partition coefficient (Wildman–Crippen LogP) is 2.79. The number of benzene rings is 1. The molecule has 0 aliphatic carbocycles. The van der Waals surface area contributed by atoms with Crippen molar-refractivity contribution >= 4 is 5.97 Å². The molecular formula is C17H16N2O3. The average molecular weight is 296 g/mol. The molecule has 0 aliphatic rings. The number of nitriles is 1. The maximum absolute atomic E-state index is 11.8. The van der Waals surface area contributed by atoms with Gasteiger partial charge in [0.25, 0.3) is 5.56 Å². The van der Waals surface area contributed by atoms with Crippen LogP contribution in [0.5, 0.6) is 0 Å². The standard InChI is InChI=1S/C17H16N2O3/c1-10(2)22-17(21)13-6-4-12(5-7-13)15-8-11(3)14(9-18)16(20)19-15/h4-8,10H,1-3H3,(H,19,20). The maximum atomic E-state index is 11.8. The number of rotatable bonds is 3. The minimum absolute atomic E-state index is 0.112. The number of hydrogen-bond acceptors (Lipinski definition) is 4. The van der Waals surface area contributed by atoms with E-state index in [1.165, 1.54) is 0 Å². The van der Waals surface area contributed by atoms with Crippen LogP contribution in [0.2, 0.25) is 0 Å². The Balaban J connectivity index is 2.34. The molecule has 0 unspecified atom stereocenters. The van der Waals surface area contributed by atoms with Crippen molar-refractivity contribution in [2.75, 3.05) is 0 Å². The van der Waals surface area contributed by atoms with Crippen LogP contribution in [0, 0.1) is 18.3 Å². The monoisotopic (exact) mass is 296 g/mol. The van der Waals surface area contributed by atoms with Crippen LogP contribution < -0.4 is 5.56 Å². The maximum Gasteiger partial charge on any atom is 0.338 e. The number of ether oxygens (including phenoxy) is 1. The van der Waals surface area contributed by atoms with E-state index in [0.717, 1.165) is 5.56 Å². The Bertz CT molecular complexity index is 796. The number of aromatic nitrogens is 1. The molecule has 5 nitrogen and oxygen atoms in total. The van der Waals surface area contributed by atoms with Crippen molar-refractivity contribution in [3.63, 3.8) is 0 Å². The summed E-state index contributed by atoms with van der Waals surface area (Å²) < 4.78 is 5.12. The lowest BCUT2D eigenvalue weighted by atomic mass is 10.1. The molecule has 112 valence electrons. The lowest BCUT2D eigenvalue weighted by Crippen LogP contribution is -2.13. The Kier molecular flexibility index (Phi) is 4.42. The molecule has 0 bridgehead atoms. The highest BCUT2D eigenvalue weighted by molar-refractivity contribution is 5.90. The Morgan fingerprint density at radius 2 is 1.91 bits per heavy atom. The second-order valence-electron chi connectivity index (χ2n) is 5.21. The third kappa shape index (κ3) is 3.23. The van der Waals surface area contributed by atoms with Gasteiger partial charge in [0.15, 0.2) is 0 Å². The molecule has 1 heterocycles. The Hall–Kier alpha value is -2.87. The molecule has 1 aromatic carbocycles. The highest BCUT2D eigenvalue weighted by Gasteiger charge is 2.11. The van der Waals surface area contributed by atoms with Gasteiger partial charge in [-0.1, -0.05) is 12.1 Å². The number of H-pyrrole nitrogens is 1. The fourth-order valence-electron chi connectivity index (χ4n) is 2.05. The van der Waals surface area contributed by atoms with Crippen molar-refractivity contribution < 1.29 is 9.53 Å². The predicted molar refractivity (Wildman–Crippen MR) is 82.5 cm³/mol. The summed E-state index contributed by atoms with van der Waals surface area (Å²) in [5.41, 5.74) is 2.12. The largest absolute Gasteiger partial charge is 0.459 e. The van der Waals surface area contributed by atoms with Crippen LogP contribution in [0.15, 0.2) is 35.1 Å². The normalized spacial score (nSPS) is 10.3. The molecule has 5 heteroatoms. The summed E-state index contributed by atoms with van der Waals surface area (Å²) in [6, 6.07) is 10.4. The highest BCUT2D eigenvalue weighted by atomic mass is 16.5. The van der Waals surface area contributed by atoms with Crippen LogP contribution in [0.3, 0.4) is 0 Å². The highest BCUT2D eigenvalue weighted by Crippen LogP contribution is 2.19. The molecule has 0 aliphatic heterocycles. The van der Waals surface area contributed by atoms with Gasteiger partial charge in [0, 0.05) is 5.69 Å². The van der Waals surface area contributed by atoms with Crippen molar-refractivity contribution in [2.45, 2.75) is 26.9 Å². The summed E-state index contributed by atoms with van der Waals surface area (Å²) in [6.07, 6.45) is -0.176. The van der Waals surface area contributed by atoms with E-state index in [4.69, 9.17) is 10.00 Å². The molecule has 1 N–H and O–H groups in total. The van der Waals surface area contributed by atoms with Gasteiger partial charge in [0.1, 0.15) is 11.6 Å². The quantitative estimate of drug-likeness (QED) is 0.883. The van der Waals surface area contributed by atoms with Gasteiger partial charge in [-0.3, -0.25) is 4.79 Å². The fourth-order valence-corrected chi connectivity index (χ4v) is 2.05. The minimum Gasteiger partial charge on any atom is -0.459 e. The van der Waals surface area contributed by atoms with Gasteiger partial charge < -0.3 is 9.72 Å². The SMILES string of the molecule is Cc1cc(-c2ccc(C(=O)OC(C)C)cc2)[nH]c(=O)c1C#N. The first kappa shape index (κ1) is 15.5. The first-order valence-corrected chi connectivity index (χ1v) is 6.88. The van der Waals surface area contributed by atoms with Crippen molar-refractivity contribution in [3.8, 4) is 17.3 Å². The third-order valence-electron chi connectivity index (χ3n) is 3.12. The van der Waals surface area contributed by atoms with E-state index in [0.29, 0.717) is 16.8 Å². The molecule has 22 heavy (non-hydrogen) atoms. The van der Waals surface area contributed by atoms with E-state index in [9.17, 15) is 9.59 Å². The zero-order valence-corrected chi connectivity index (χ0v) is 12.6. The van der Waals surface area contributed by atoms with Crippen LogP contribution in [-0.4, -0.2) is 17.1 Å². The second-order valence-corrected chi connectivity index (χ2v) is 5.21. The molecule has 0 amide bonds. The summed E-state index contributed by atoms with van der Waals surface area (Å²) >= 11 is 0. The van der Waals surface area contributed by atoms with E-state index in [2.05, 4.69) is 4.98 Å². The summed E-state index contributed by atoms with van der Waals surface area (Å²) in [7, 11) is 0. The summed E-state index contributed by atoms with van der Waals surface area (Å²) in [6.45, 7) is 5.29. The van der Waals surface area contributed by atoms with Crippen molar-refractivity contribution in [3.05, 3.63) is 57.4 Å². The molecule has 0 saturated heterocycles. The molecule has 0 fully saturated rings. The minimum atomic E-state index is -0.416. The Labute approximate surface area is 128 Å². The molecule has 1 aromatic heterocycles. The Morgan fingerprint density at radius 3 is 2.41 bits per heavy atom. The summed E-state index contributed by atoms with van der Waals surface area (Å²) in [5.74, 6) is -0.383. The van der Waals surface area contributed by atoms with Gasteiger partial charge in [0.05, 0.1) is 11.7 Å². The molecule has 0 saturated carbocycles. The van der Waals surface area contributed by atoms with E-state index in [1.54, 1.807) is 51.1 Å². The van der Waals surface area contributed by atoms with Gasteiger partial charge in [-0.15, -0.1) is 0 Å². The number of nitrogens with one attached hydrogen (secondary N) is 1. The molecule has 0 atom stereocenters. The number of carbonyl (C=O) groups is 1. The van der Waals surface area contributed by atoms with Crippen LogP contribution in [0.25, 0.3) is 11.3 Å². The van der Waals surface area contributed by atoms with Crippen LogP contribution >= 0.6 is 0 Å². The molecule has 0 spiro atoms. The van der Waals surface area contributed by atoms with Gasteiger partial charge in [-0.25, -0.2) is 4.79 Å². The zero-order valence-electron chi connectivity index (χ0n) is 12.6. The van der Waals surface area contributed by atoms with Gasteiger partial charge in [0.2, 0.25) is 0 Å². The summed E-state index contributed by atoms with van der Waals surface area (Å²) in [5, 5.41) is 8.91. The van der Waals surface area contributed by atoms with Gasteiger partial charge >= 0.3 is 5.97 Å². The number of hydrogen-bond donors (Lipinski definition) is 1. The van der Waals surface area contributed by atoms with E-state index in [-0.39, 0.29) is 17.6 Å². The smallest absolute Gasteiger partial charge is 0.338 e. The van der Waals surface area contributed by atoms with Crippen LogP contribution in [0.4, 0.5) is 0 Å². The van der Waals surface area contributed by atoms with Crippen LogP contribution in [-0.2, 0) is 4.74 Å². The number of esters is 1. The number of carbonyl (C=O) groups excluding carboxylic acids is 1.